The van der Waals surface area contributed by atoms with Crippen LogP contribution in [0.4, 0.5) is 11.8 Å². The highest BCUT2D eigenvalue weighted by atomic mass is 31.3. The van der Waals surface area contributed by atoms with Gasteiger partial charge in [0.1, 0.15) is 54.6 Å². The number of nitrogens with zero attached hydrogens (tertiary/aromatic N) is 8. The lowest BCUT2D eigenvalue weighted by Gasteiger charge is -2.26. The van der Waals surface area contributed by atoms with Crippen LogP contribution in [0.5, 0.6) is 0 Å². The third-order valence-corrected chi connectivity index (χ3v) is 17.5. The normalized spacial score (nSPS) is 29.7. The number of nitrogen functional groups attached to an aromatic ring is 2. The van der Waals surface area contributed by atoms with Gasteiger partial charge in [0.05, 0.1) is 39.3 Å². The van der Waals surface area contributed by atoms with Crippen LogP contribution < -0.4 is 32.8 Å². The van der Waals surface area contributed by atoms with Gasteiger partial charge in [-0.15, -0.1) is 0 Å². The Labute approximate surface area is 437 Å². The number of phosphoric acid groups is 4. The summed E-state index contributed by atoms with van der Waals surface area (Å²) in [6.45, 7) is -1.22. The van der Waals surface area contributed by atoms with Crippen molar-refractivity contribution in [3.8, 4) is 0 Å². The lowest BCUT2D eigenvalue weighted by atomic mass is 9.95. The second-order valence-electron chi connectivity index (χ2n) is 17.5. The van der Waals surface area contributed by atoms with Crippen LogP contribution in [-0.4, -0.2) is 169 Å². The molecule has 3 aliphatic heterocycles. The molecular weight excluding hydrogens is 1140 g/mol. The molecule has 0 aromatic carbocycles. The summed E-state index contributed by atoms with van der Waals surface area (Å²) in [7, 11) is -19.3. The highest BCUT2D eigenvalue weighted by Crippen LogP contribution is 2.68. The van der Waals surface area contributed by atoms with Crippen LogP contribution in [0.3, 0.4) is 0 Å². The van der Waals surface area contributed by atoms with Gasteiger partial charge in [0.15, 0.2) is 30.2 Å². The lowest BCUT2D eigenvalue weighted by molar-refractivity contribution is -0.745. The van der Waals surface area contributed by atoms with Crippen molar-refractivity contribution in [2.75, 3.05) is 58.7 Å². The summed E-state index contributed by atoms with van der Waals surface area (Å²) in [5.74, 6) is -1.27. The van der Waals surface area contributed by atoms with Crippen LogP contribution in [0.2, 0.25) is 0 Å². The van der Waals surface area contributed by atoms with E-state index in [2.05, 4.69) is 38.5 Å². The van der Waals surface area contributed by atoms with Gasteiger partial charge in [-0.05, 0) is 12.8 Å². The van der Waals surface area contributed by atoms with E-state index in [4.69, 9.17) is 58.0 Å². The quantitative estimate of drug-likeness (QED) is 0.0220. The van der Waals surface area contributed by atoms with E-state index in [0.29, 0.717) is 6.42 Å². The number of aryl methyl sites for hydroxylation is 1. The van der Waals surface area contributed by atoms with E-state index in [-0.39, 0.29) is 53.7 Å². The van der Waals surface area contributed by atoms with E-state index < -0.39 is 141 Å². The smallest absolute Gasteiger partial charge is 0.387 e. The largest absolute Gasteiger partial charge is 0.490 e. The number of anilines is 2. The van der Waals surface area contributed by atoms with Crippen molar-refractivity contribution < 1.29 is 108 Å². The molecule has 0 saturated carbocycles. The fourth-order valence-corrected chi connectivity index (χ4v) is 13.4. The molecule has 5 aromatic heterocycles. The van der Waals surface area contributed by atoms with Crippen molar-refractivity contribution in [1.29, 1.82) is 0 Å². The number of phosphoric ester groups is 3. The molecule has 0 radical (unpaired) electrons. The molecule has 3 saturated heterocycles. The van der Waals surface area contributed by atoms with Gasteiger partial charge >= 0.3 is 42.6 Å². The van der Waals surface area contributed by atoms with Crippen LogP contribution in [0, 0.1) is 5.92 Å². The first kappa shape index (κ1) is 59.5. The predicted molar refractivity (Wildman–Crippen MR) is 256 cm³/mol. The number of aliphatic hydroxyl groups is 2. The number of nitrogens with one attached hydrogen (secondary N) is 2. The standard InChI is InChI=1S/C37H54N12O25P4/c1-5-9-65-27-25(52)19(70-34(27)47-8-6-21(50)43-37(47)54)12-66-75(55,56)72-26-20(71-35(28(26)64-4)48-15-42-22-29(38)40-14-41-30(22)48)13-68-77(59,60)74-78(61,62)73-76(57,58)67-11-18-17(7-10-63-3)24(51)33(69-18)49-16-46(2)23-31(49)44-36(39)45-32(23)53/h6,8,14-20,24-28,33-35,51-52H,5,7,9-13H2,1-4H3,(H9-,38,39,40,41,43,44,45,50,53,54,55,56,57,58,59,60,61,62)/p+1/t17-,18-,19-,20-,24-,25-,26-,27-,28-,33-,34-,35-/m1/s1. The molecule has 5 aromatic rings. The van der Waals surface area contributed by atoms with Crippen LogP contribution in [0.15, 0.2) is 45.6 Å². The number of aromatic amines is 2. The van der Waals surface area contributed by atoms with Gasteiger partial charge in [-0.3, -0.25) is 51.4 Å². The van der Waals surface area contributed by atoms with E-state index in [1.807, 2.05) is 0 Å². The number of ether oxygens (including phenoxy) is 6. The third-order valence-electron chi connectivity index (χ3n) is 12.3. The molecule has 16 atom stereocenters. The number of fused-ring (bicyclic) bond motifs is 2. The summed E-state index contributed by atoms with van der Waals surface area (Å²) in [5.41, 5.74) is 9.58. The van der Waals surface area contributed by atoms with Crippen LogP contribution in [-0.2, 0) is 80.4 Å². The fraction of sp³-hybridized carbons (Fsp3) is 0.622. The van der Waals surface area contributed by atoms with Gasteiger partial charge in [-0.25, -0.2) is 42.6 Å². The predicted octanol–water partition coefficient (Wildman–Crippen LogP) is -2.15. The van der Waals surface area contributed by atoms with E-state index in [1.54, 1.807) is 6.92 Å². The molecule has 0 spiro atoms. The number of rotatable bonds is 25. The maximum Gasteiger partial charge on any atom is 0.490 e. The summed E-state index contributed by atoms with van der Waals surface area (Å²) in [6.07, 6.45) is -11.2. The molecule has 0 aliphatic carbocycles. The Morgan fingerprint density at radius 3 is 2.10 bits per heavy atom. The molecule has 432 valence electrons. The van der Waals surface area contributed by atoms with Gasteiger partial charge in [-0.1, -0.05) is 11.9 Å². The van der Waals surface area contributed by atoms with Crippen molar-refractivity contribution in [1.82, 2.24) is 43.6 Å². The Bertz CT molecular complexity index is 3340. The van der Waals surface area contributed by atoms with Crippen LogP contribution in [0.1, 0.15) is 38.4 Å². The second-order valence-corrected chi connectivity index (χ2v) is 23.6. The molecule has 3 fully saturated rings. The molecular formula is C37H55N12O25P4+. The van der Waals surface area contributed by atoms with E-state index >= 15 is 0 Å². The van der Waals surface area contributed by atoms with Crippen molar-refractivity contribution in [3.63, 3.8) is 0 Å². The molecule has 37 nitrogen and oxygen atoms in total. The minimum absolute atomic E-state index is 0.00388. The Hall–Kier alpha value is -4.62. The number of hydrogen-bond donors (Lipinski definition) is 10. The Morgan fingerprint density at radius 1 is 0.782 bits per heavy atom. The average molecular weight is 1190 g/mol. The number of hydrogen-bond acceptors (Lipinski definition) is 27. The molecule has 78 heavy (non-hydrogen) atoms. The highest BCUT2D eigenvalue weighted by Gasteiger charge is 2.54. The molecule has 12 N–H and O–H groups in total. The van der Waals surface area contributed by atoms with E-state index in [1.165, 1.54) is 34.2 Å². The summed E-state index contributed by atoms with van der Waals surface area (Å²) >= 11 is 0. The summed E-state index contributed by atoms with van der Waals surface area (Å²) in [4.78, 5) is 101. The number of aliphatic hydroxyl groups excluding tert-OH is 2. The Morgan fingerprint density at radius 2 is 1.44 bits per heavy atom. The monoisotopic (exact) mass is 1190 g/mol. The highest BCUT2D eigenvalue weighted by molar-refractivity contribution is 7.66. The minimum atomic E-state index is -6.17. The number of aromatic nitrogens is 10. The summed E-state index contributed by atoms with van der Waals surface area (Å²) < 4.78 is 122. The minimum Gasteiger partial charge on any atom is -0.387 e. The molecule has 8 heterocycles. The van der Waals surface area contributed by atoms with Gasteiger partial charge in [0, 0.05) is 45.6 Å². The van der Waals surface area contributed by atoms with E-state index in [0.717, 1.165) is 36.6 Å². The van der Waals surface area contributed by atoms with Crippen molar-refractivity contribution in [2.45, 2.75) is 87.3 Å². The SMILES string of the molecule is CCCO[C@@H]1[C@H](O)[C@@H](COP(=O)(O)O[C@H]2[C@@H](OC)[C@H](n3cnc4c(N)ncnc43)O[C@@H]2COP(=O)(O)OP(=O)(O)OP(=O)(O)OC[C@H]2O[C@@H]([n+]3cn(C)c4c(=O)[nH]c(N)nc43)[C@H](O)[C@@H]2CCOC)O[C@H]1n1ccc(=O)[nH]c1=O. The van der Waals surface area contributed by atoms with Crippen LogP contribution in [0.25, 0.3) is 22.3 Å². The first-order valence-electron chi connectivity index (χ1n) is 23.1. The van der Waals surface area contributed by atoms with Crippen molar-refractivity contribution in [3.05, 3.63) is 62.4 Å². The zero-order valence-electron chi connectivity index (χ0n) is 41.2. The molecule has 8 rings (SSSR count). The maximum atomic E-state index is 13.8. The van der Waals surface area contributed by atoms with Gasteiger partial charge in [0.2, 0.25) is 11.7 Å². The molecule has 0 amide bonds. The molecule has 41 heteroatoms. The first-order chi connectivity index (χ1) is 36.8. The number of nitrogens with two attached hydrogens (primary N) is 2. The number of H-pyrrole nitrogens is 2. The summed E-state index contributed by atoms with van der Waals surface area (Å²) in [5, 5.41) is 22.6. The van der Waals surface area contributed by atoms with Crippen molar-refractivity contribution in [2.24, 2.45) is 13.0 Å². The Kier molecular flexibility index (Phi) is 18.2. The molecule has 3 aliphatic rings. The maximum absolute atomic E-state index is 13.8. The topological polar surface area (TPSA) is 505 Å². The number of methoxy groups -OCH3 is 2. The van der Waals surface area contributed by atoms with Crippen LogP contribution >= 0.6 is 31.3 Å². The average Bonchev–Trinajstić information content (AvgIpc) is 4.24. The molecule has 4 unspecified atom stereocenters. The lowest BCUT2D eigenvalue weighted by Crippen LogP contribution is -2.45. The molecule has 0 bridgehead atoms. The van der Waals surface area contributed by atoms with Gasteiger partial charge in [-0.2, -0.15) is 8.62 Å². The number of imidazole rings is 2. The zero-order valence-corrected chi connectivity index (χ0v) is 44.8. The van der Waals surface area contributed by atoms with Crippen molar-refractivity contribution >= 4 is 65.4 Å². The summed E-state index contributed by atoms with van der Waals surface area (Å²) in [6, 6.07) is 1.01. The van der Waals surface area contributed by atoms with Gasteiger partial charge in [0.25, 0.3) is 17.1 Å². The zero-order chi connectivity index (χ0) is 56.6. The fourth-order valence-electron chi connectivity index (χ4n) is 8.90. The Balaban J connectivity index is 0.950. The second kappa shape index (κ2) is 23.8. The third kappa shape index (κ3) is 13.1. The first-order valence-corrected chi connectivity index (χ1v) is 29.1. The van der Waals surface area contributed by atoms with E-state index in [9.17, 15) is 62.4 Å². The van der Waals surface area contributed by atoms with Gasteiger partial charge < -0.3 is 69.7 Å².